The number of pyridine rings is 1. The number of hydrogen-bond donors (Lipinski definition) is 1. The molecule has 0 aliphatic heterocycles. The molecule has 0 atom stereocenters. The predicted molar refractivity (Wildman–Crippen MR) is 55.9 cm³/mol. The minimum absolute atomic E-state index is 0.712. The largest absolute Gasteiger partial charge is 0.330 e. The van der Waals surface area contributed by atoms with Crippen LogP contribution < -0.4 is 5.73 Å². The van der Waals surface area contributed by atoms with Crippen LogP contribution in [-0.4, -0.2) is 21.1 Å². The summed E-state index contributed by atoms with van der Waals surface area (Å²) in [6.45, 7) is 3.66. The van der Waals surface area contributed by atoms with Crippen molar-refractivity contribution in [2.24, 2.45) is 5.73 Å². The predicted octanol–water partition coefficient (Wildman–Crippen LogP) is 1.09. The zero-order chi connectivity index (χ0) is 9.97. The van der Waals surface area contributed by atoms with Gasteiger partial charge in [0.15, 0.2) is 0 Å². The van der Waals surface area contributed by atoms with Crippen LogP contribution in [0.25, 0.3) is 11.0 Å². The Hall–Kier alpha value is -1.42. The Morgan fingerprint density at radius 2 is 2.36 bits per heavy atom. The number of nitrogens with zero attached hydrogens (tertiary/aromatic N) is 3. The van der Waals surface area contributed by atoms with Gasteiger partial charge in [0.1, 0.15) is 11.3 Å². The first-order valence-electron chi connectivity index (χ1n) is 4.80. The Morgan fingerprint density at radius 3 is 3.14 bits per heavy atom. The van der Waals surface area contributed by atoms with Gasteiger partial charge in [-0.1, -0.05) is 0 Å². The van der Waals surface area contributed by atoms with Crippen LogP contribution in [0.5, 0.6) is 0 Å². The van der Waals surface area contributed by atoms with E-state index < -0.39 is 0 Å². The fourth-order valence-electron chi connectivity index (χ4n) is 1.63. The van der Waals surface area contributed by atoms with E-state index in [1.807, 2.05) is 13.0 Å². The maximum atomic E-state index is 5.49. The third-order valence-corrected chi connectivity index (χ3v) is 2.33. The monoisotopic (exact) mass is 190 g/mol. The Morgan fingerprint density at radius 1 is 1.50 bits per heavy atom. The van der Waals surface area contributed by atoms with Gasteiger partial charge < -0.3 is 10.3 Å². The summed E-state index contributed by atoms with van der Waals surface area (Å²) < 4.78 is 2.18. The topological polar surface area (TPSA) is 56.7 Å². The molecule has 0 bridgehead atoms. The van der Waals surface area contributed by atoms with Crippen molar-refractivity contribution in [1.82, 2.24) is 14.5 Å². The van der Waals surface area contributed by atoms with Crippen LogP contribution in [0.2, 0.25) is 0 Å². The van der Waals surface area contributed by atoms with Gasteiger partial charge in [0.05, 0.1) is 11.7 Å². The maximum absolute atomic E-state index is 5.49. The van der Waals surface area contributed by atoms with Crippen molar-refractivity contribution in [1.29, 1.82) is 0 Å². The molecule has 2 rings (SSSR count). The fraction of sp³-hybridized carbons (Fsp3) is 0.400. The molecule has 4 nitrogen and oxygen atoms in total. The summed E-state index contributed by atoms with van der Waals surface area (Å²) in [4.78, 5) is 8.47. The third-order valence-electron chi connectivity index (χ3n) is 2.33. The molecule has 2 aromatic rings. The highest BCUT2D eigenvalue weighted by Gasteiger charge is 2.05. The molecule has 0 unspecified atom stereocenters. The normalized spacial score (nSPS) is 11.0. The highest BCUT2D eigenvalue weighted by molar-refractivity contribution is 5.74. The molecule has 74 valence electrons. The second kappa shape index (κ2) is 3.75. The second-order valence-corrected chi connectivity index (χ2v) is 3.32. The first kappa shape index (κ1) is 9.15. The average Bonchev–Trinajstić information content (AvgIpc) is 2.51. The molecular weight excluding hydrogens is 176 g/mol. The SMILES string of the molecule is Cc1nc2cnccc2n1CCCN. The lowest BCUT2D eigenvalue weighted by molar-refractivity contribution is 0.649. The molecule has 0 saturated heterocycles. The van der Waals surface area contributed by atoms with Gasteiger partial charge in [0.25, 0.3) is 0 Å². The lowest BCUT2D eigenvalue weighted by Gasteiger charge is -2.04. The van der Waals surface area contributed by atoms with Gasteiger partial charge in [-0.05, 0) is 26.0 Å². The van der Waals surface area contributed by atoms with Gasteiger partial charge >= 0.3 is 0 Å². The summed E-state index contributed by atoms with van der Waals surface area (Å²) in [5.74, 6) is 1.03. The van der Waals surface area contributed by atoms with E-state index in [0.29, 0.717) is 6.54 Å². The second-order valence-electron chi connectivity index (χ2n) is 3.32. The van der Waals surface area contributed by atoms with E-state index >= 15 is 0 Å². The molecule has 0 amide bonds. The molecule has 0 saturated carbocycles. The summed E-state index contributed by atoms with van der Waals surface area (Å²) in [7, 11) is 0. The Labute approximate surface area is 82.8 Å². The highest BCUT2D eigenvalue weighted by Crippen LogP contribution is 2.14. The van der Waals surface area contributed by atoms with E-state index in [2.05, 4.69) is 14.5 Å². The van der Waals surface area contributed by atoms with Crippen molar-refractivity contribution in [3.05, 3.63) is 24.3 Å². The summed E-state index contributed by atoms with van der Waals surface area (Å²) in [6, 6.07) is 1.99. The van der Waals surface area contributed by atoms with Crippen molar-refractivity contribution >= 4 is 11.0 Å². The van der Waals surface area contributed by atoms with Crippen LogP contribution in [0.1, 0.15) is 12.2 Å². The van der Waals surface area contributed by atoms with Crippen molar-refractivity contribution in [2.75, 3.05) is 6.54 Å². The molecule has 2 aromatic heterocycles. The number of nitrogens with two attached hydrogens (primary N) is 1. The summed E-state index contributed by atoms with van der Waals surface area (Å²) in [6.07, 6.45) is 4.57. The van der Waals surface area contributed by atoms with Crippen molar-refractivity contribution in [3.63, 3.8) is 0 Å². The molecule has 0 aliphatic rings. The fourth-order valence-corrected chi connectivity index (χ4v) is 1.63. The zero-order valence-corrected chi connectivity index (χ0v) is 8.27. The minimum Gasteiger partial charge on any atom is -0.330 e. The molecule has 4 heteroatoms. The lowest BCUT2D eigenvalue weighted by Crippen LogP contribution is -2.06. The Bertz CT molecular complexity index is 433. The standard InChI is InChI=1S/C10H14N4/c1-8-13-9-7-12-5-3-10(9)14(8)6-2-4-11/h3,5,7H,2,4,6,11H2,1H3. The Kier molecular flexibility index (Phi) is 2.45. The highest BCUT2D eigenvalue weighted by atomic mass is 15.1. The smallest absolute Gasteiger partial charge is 0.107 e. The summed E-state index contributed by atoms with van der Waals surface area (Å²) in [5.41, 5.74) is 7.60. The summed E-state index contributed by atoms with van der Waals surface area (Å²) >= 11 is 0. The van der Waals surface area contributed by atoms with Gasteiger partial charge in [0.2, 0.25) is 0 Å². The van der Waals surface area contributed by atoms with E-state index in [1.165, 1.54) is 0 Å². The third kappa shape index (κ3) is 1.48. The summed E-state index contributed by atoms with van der Waals surface area (Å²) in [5, 5.41) is 0. The maximum Gasteiger partial charge on any atom is 0.107 e. The Balaban J connectivity index is 2.45. The van der Waals surface area contributed by atoms with Gasteiger partial charge in [-0.25, -0.2) is 4.98 Å². The molecular formula is C10H14N4. The van der Waals surface area contributed by atoms with Crippen LogP contribution in [0.3, 0.4) is 0 Å². The van der Waals surface area contributed by atoms with Crippen LogP contribution in [0.15, 0.2) is 18.5 Å². The lowest BCUT2D eigenvalue weighted by atomic mass is 10.3. The van der Waals surface area contributed by atoms with E-state index in [1.54, 1.807) is 12.4 Å². The van der Waals surface area contributed by atoms with Crippen LogP contribution in [-0.2, 0) is 6.54 Å². The zero-order valence-electron chi connectivity index (χ0n) is 8.27. The van der Waals surface area contributed by atoms with Crippen molar-refractivity contribution < 1.29 is 0 Å². The number of hydrogen-bond acceptors (Lipinski definition) is 3. The average molecular weight is 190 g/mol. The van der Waals surface area contributed by atoms with Gasteiger partial charge in [0, 0.05) is 12.7 Å². The van der Waals surface area contributed by atoms with Crippen LogP contribution >= 0.6 is 0 Å². The quantitative estimate of drug-likeness (QED) is 0.788. The molecule has 0 spiro atoms. The number of aromatic nitrogens is 3. The van der Waals surface area contributed by atoms with E-state index in [0.717, 1.165) is 29.8 Å². The van der Waals surface area contributed by atoms with Crippen molar-refractivity contribution in [2.45, 2.75) is 19.9 Å². The minimum atomic E-state index is 0.712. The molecule has 0 aromatic carbocycles. The number of rotatable bonds is 3. The molecule has 0 radical (unpaired) electrons. The van der Waals surface area contributed by atoms with Crippen LogP contribution in [0.4, 0.5) is 0 Å². The van der Waals surface area contributed by atoms with Gasteiger partial charge in [-0.3, -0.25) is 4.98 Å². The van der Waals surface area contributed by atoms with E-state index in [-0.39, 0.29) is 0 Å². The molecule has 14 heavy (non-hydrogen) atoms. The molecule has 2 heterocycles. The van der Waals surface area contributed by atoms with Gasteiger partial charge in [-0.15, -0.1) is 0 Å². The number of aryl methyl sites for hydroxylation is 2. The van der Waals surface area contributed by atoms with Crippen LogP contribution in [0, 0.1) is 6.92 Å². The molecule has 0 aliphatic carbocycles. The van der Waals surface area contributed by atoms with E-state index in [9.17, 15) is 0 Å². The molecule has 0 fully saturated rings. The molecule has 2 N–H and O–H groups in total. The number of imidazole rings is 1. The number of fused-ring (bicyclic) bond motifs is 1. The van der Waals surface area contributed by atoms with E-state index in [4.69, 9.17) is 5.73 Å². The first-order valence-corrected chi connectivity index (χ1v) is 4.80. The van der Waals surface area contributed by atoms with Crippen molar-refractivity contribution in [3.8, 4) is 0 Å². The van der Waals surface area contributed by atoms with Gasteiger partial charge in [-0.2, -0.15) is 0 Å². The first-order chi connectivity index (χ1) is 6.83.